The first-order valence-corrected chi connectivity index (χ1v) is 7.52. The van der Waals surface area contributed by atoms with Crippen LogP contribution in [0.4, 0.5) is 0 Å². The number of benzene rings is 1. The third kappa shape index (κ3) is 4.23. The van der Waals surface area contributed by atoms with Gasteiger partial charge in [-0.1, -0.05) is 22.0 Å². The number of aliphatic hydroxyl groups excluding tert-OH is 1. The zero-order chi connectivity index (χ0) is 13.7. The molecule has 0 amide bonds. The minimum absolute atomic E-state index is 0.563. The molecule has 1 heterocycles. The number of hydrogen-bond acceptors (Lipinski definition) is 4. The monoisotopic (exact) mass is 339 g/mol. The van der Waals surface area contributed by atoms with Crippen molar-refractivity contribution in [2.45, 2.75) is 11.0 Å². The molecule has 0 radical (unpaired) electrons. The van der Waals surface area contributed by atoms with Crippen molar-refractivity contribution in [2.75, 3.05) is 12.9 Å². The van der Waals surface area contributed by atoms with Crippen LogP contribution in [-0.2, 0) is 0 Å². The van der Waals surface area contributed by atoms with E-state index in [-0.39, 0.29) is 0 Å². The second-order valence-electron chi connectivity index (χ2n) is 3.94. The summed E-state index contributed by atoms with van der Waals surface area (Å²) in [5, 5.41) is 10.1. The Kier molecular flexibility index (Phi) is 5.24. The molecule has 0 bridgehead atoms. The van der Waals surface area contributed by atoms with Gasteiger partial charge in [-0.25, -0.2) is 0 Å². The first-order chi connectivity index (χ1) is 9.19. The topological polar surface area (TPSA) is 42.4 Å². The summed E-state index contributed by atoms with van der Waals surface area (Å²) in [5.74, 6) is 1.23. The van der Waals surface area contributed by atoms with Crippen molar-refractivity contribution in [3.05, 3.63) is 52.8 Å². The van der Waals surface area contributed by atoms with Crippen LogP contribution in [-0.4, -0.2) is 23.0 Å². The van der Waals surface area contributed by atoms with Crippen LogP contribution >= 0.6 is 27.7 Å². The highest BCUT2D eigenvalue weighted by Gasteiger charge is 2.10. The lowest BCUT2D eigenvalue weighted by atomic mass is 10.2. The third-order valence-electron chi connectivity index (χ3n) is 2.56. The van der Waals surface area contributed by atoms with Crippen LogP contribution < -0.4 is 4.74 Å². The van der Waals surface area contributed by atoms with Gasteiger partial charge in [-0.3, -0.25) is 4.98 Å². The zero-order valence-corrected chi connectivity index (χ0v) is 12.8. The Bertz CT molecular complexity index is 550. The summed E-state index contributed by atoms with van der Waals surface area (Å²) < 4.78 is 6.13. The number of thioether (sulfide) groups is 1. The number of rotatable bonds is 5. The van der Waals surface area contributed by atoms with E-state index in [1.165, 1.54) is 0 Å². The van der Waals surface area contributed by atoms with Gasteiger partial charge in [0.1, 0.15) is 5.75 Å². The molecule has 19 heavy (non-hydrogen) atoms. The van der Waals surface area contributed by atoms with Gasteiger partial charge in [-0.2, -0.15) is 0 Å². The molecule has 0 aliphatic carbocycles. The van der Waals surface area contributed by atoms with Gasteiger partial charge >= 0.3 is 0 Å². The maximum absolute atomic E-state index is 10.1. The minimum atomic E-state index is -0.563. The molecule has 2 aromatic rings. The van der Waals surface area contributed by atoms with Crippen molar-refractivity contribution < 1.29 is 9.84 Å². The highest BCUT2D eigenvalue weighted by molar-refractivity contribution is 9.10. The lowest BCUT2D eigenvalue weighted by Crippen LogP contribution is -2.01. The van der Waals surface area contributed by atoms with Crippen molar-refractivity contribution in [3.63, 3.8) is 0 Å². The Morgan fingerprint density at radius 2 is 2.21 bits per heavy atom. The van der Waals surface area contributed by atoms with Gasteiger partial charge in [-0.15, -0.1) is 11.8 Å². The van der Waals surface area contributed by atoms with E-state index in [0.717, 1.165) is 14.9 Å². The Morgan fingerprint density at radius 3 is 2.95 bits per heavy atom. The molecule has 0 saturated carbocycles. The normalized spacial score (nSPS) is 12.2. The van der Waals surface area contributed by atoms with Crippen LogP contribution in [0.5, 0.6) is 5.75 Å². The van der Waals surface area contributed by atoms with Crippen molar-refractivity contribution in [1.29, 1.82) is 0 Å². The number of methoxy groups -OCH3 is 1. The average Bonchev–Trinajstić information content (AvgIpc) is 2.45. The molecule has 5 heteroatoms. The first-order valence-electron chi connectivity index (χ1n) is 5.74. The number of aromatic nitrogens is 1. The molecule has 0 aliphatic rings. The maximum Gasteiger partial charge on any atom is 0.137 e. The largest absolute Gasteiger partial charge is 0.495 e. The van der Waals surface area contributed by atoms with Gasteiger partial charge in [0.15, 0.2) is 0 Å². The first kappa shape index (κ1) is 14.4. The number of aliphatic hydroxyl groups is 1. The SMILES string of the molecule is COc1cncc(C(O)CSc2cccc(Br)c2)c1. The Labute approximate surface area is 125 Å². The molecule has 1 atom stereocenters. The van der Waals surface area contributed by atoms with Crippen molar-refractivity contribution >= 4 is 27.7 Å². The van der Waals surface area contributed by atoms with E-state index in [1.54, 1.807) is 37.3 Å². The van der Waals surface area contributed by atoms with E-state index in [4.69, 9.17) is 4.74 Å². The summed E-state index contributed by atoms with van der Waals surface area (Å²) in [4.78, 5) is 5.16. The van der Waals surface area contributed by atoms with Crippen LogP contribution in [0.15, 0.2) is 52.1 Å². The molecule has 0 aliphatic heterocycles. The van der Waals surface area contributed by atoms with Gasteiger partial charge < -0.3 is 9.84 Å². The van der Waals surface area contributed by atoms with Crippen LogP contribution in [0, 0.1) is 0 Å². The summed E-state index contributed by atoms with van der Waals surface area (Å²) in [7, 11) is 1.59. The smallest absolute Gasteiger partial charge is 0.137 e. The molecule has 3 nitrogen and oxygen atoms in total. The molecule has 0 saturated heterocycles. The van der Waals surface area contributed by atoms with E-state index in [2.05, 4.69) is 20.9 Å². The highest BCUT2D eigenvalue weighted by Crippen LogP contribution is 2.27. The molecule has 1 unspecified atom stereocenters. The van der Waals surface area contributed by atoms with Gasteiger partial charge in [0.25, 0.3) is 0 Å². The summed E-state index contributed by atoms with van der Waals surface area (Å²) in [6.45, 7) is 0. The molecule has 2 rings (SSSR count). The molecule has 0 fully saturated rings. The predicted octanol–water partition coefficient (Wildman–Crippen LogP) is 3.68. The highest BCUT2D eigenvalue weighted by atomic mass is 79.9. The number of ether oxygens (including phenoxy) is 1. The Hall–Kier alpha value is -1.04. The van der Waals surface area contributed by atoms with Gasteiger partial charge in [0.05, 0.1) is 19.4 Å². The zero-order valence-electron chi connectivity index (χ0n) is 10.4. The van der Waals surface area contributed by atoms with Crippen LogP contribution in [0.25, 0.3) is 0 Å². The van der Waals surface area contributed by atoms with Gasteiger partial charge in [-0.05, 0) is 24.3 Å². The molecular weight excluding hydrogens is 326 g/mol. The lowest BCUT2D eigenvalue weighted by Gasteiger charge is -2.11. The minimum Gasteiger partial charge on any atom is -0.495 e. The van der Waals surface area contributed by atoms with E-state index in [0.29, 0.717) is 11.5 Å². The Balaban J connectivity index is 1.99. The van der Waals surface area contributed by atoms with E-state index >= 15 is 0 Å². The van der Waals surface area contributed by atoms with Gasteiger partial charge in [0.2, 0.25) is 0 Å². The van der Waals surface area contributed by atoms with E-state index in [1.807, 2.05) is 24.3 Å². The molecule has 1 aromatic carbocycles. The summed E-state index contributed by atoms with van der Waals surface area (Å²) in [5.41, 5.74) is 0.766. The fourth-order valence-corrected chi connectivity index (χ4v) is 3.04. The molecule has 0 spiro atoms. The number of halogens is 1. The molecule has 1 N–H and O–H groups in total. The second-order valence-corrected chi connectivity index (χ2v) is 5.95. The average molecular weight is 340 g/mol. The standard InChI is InChI=1S/C14H14BrNO2S/c1-18-12-5-10(7-16-8-12)14(17)9-19-13-4-2-3-11(15)6-13/h2-8,14,17H,9H2,1H3. The number of nitrogens with zero attached hydrogens (tertiary/aromatic N) is 1. The molecule has 100 valence electrons. The Morgan fingerprint density at radius 1 is 1.37 bits per heavy atom. The third-order valence-corrected chi connectivity index (χ3v) is 4.12. The van der Waals surface area contributed by atoms with Crippen LogP contribution in [0.2, 0.25) is 0 Å². The summed E-state index contributed by atoms with van der Waals surface area (Å²) >= 11 is 5.03. The van der Waals surface area contributed by atoms with E-state index < -0.39 is 6.10 Å². The van der Waals surface area contributed by atoms with Crippen molar-refractivity contribution in [1.82, 2.24) is 4.98 Å². The fourth-order valence-electron chi connectivity index (χ4n) is 1.56. The van der Waals surface area contributed by atoms with Crippen molar-refractivity contribution in [2.24, 2.45) is 0 Å². The quantitative estimate of drug-likeness (QED) is 0.844. The second kappa shape index (κ2) is 6.93. The predicted molar refractivity (Wildman–Crippen MR) is 80.6 cm³/mol. The molecular formula is C14H14BrNO2S. The lowest BCUT2D eigenvalue weighted by molar-refractivity contribution is 0.203. The summed E-state index contributed by atoms with van der Waals surface area (Å²) in [6, 6.07) is 9.81. The maximum atomic E-state index is 10.1. The molecule has 1 aromatic heterocycles. The summed E-state index contributed by atoms with van der Waals surface area (Å²) in [6.07, 6.45) is 2.72. The van der Waals surface area contributed by atoms with E-state index in [9.17, 15) is 5.11 Å². The number of pyridine rings is 1. The van der Waals surface area contributed by atoms with Crippen molar-refractivity contribution in [3.8, 4) is 5.75 Å². The fraction of sp³-hybridized carbons (Fsp3) is 0.214. The number of hydrogen-bond donors (Lipinski definition) is 1. The van der Waals surface area contributed by atoms with Crippen LogP contribution in [0.1, 0.15) is 11.7 Å². The van der Waals surface area contributed by atoms with Gasteiger partial charge in [0, 0.05) is 26.9 Å². The van der Waals surface area contributed by atoms with Crippen LogP contribution in [0.3, 0.4) is 0 Å².